The van der Waals surface area contributed by atoms with Crippen molar-refractivity contribution < 1.29 is 9.59 Å². The van der Waals surface area contributed by atoms with Crippen molar-refractivity contribution in [3.8, 4) is 0 Å². The summed E-state index contributed by atoms with van der Waals surface area (Å²) in [7, 11) is 0. The minimum atomic E-state index is -0.0858. The molecule has 3 heteroatoms. The lowest BCUT2D eigenvalue weighted by Gasteiger charge is -2.18. The number of hydrogen-bond acceptors (Lipinski definition) is 2. The fourth-order valence-corrected chi connectivity index (χ4v) is 2.69. The lowest BCUT2D eigenvalue weighted by molar-refractivity contribution is -0.114. The van der Waals surface area contributed by atoms with Crippen LogP contribution < -0.4 is 4.90 Å². The van der Waals surface area contributed by atoms with Gasteiger partial charge in [0.25, 0.3) is 5.91 Å². The molecule has 22 heavy (non-hydrogen) atoms. The standard InChI is InChI=1S/C19H17NO2/c1-2-8-15(21)13-18-16-11-6-7-12-17(16)19(22)20(18)14-9-4-3-5-10-14/h3-7,9-13H,2,8H2,1H3. The van der Waals surface area contributed by atoms with Gasteiger partial charge in [-0.05, 0) is 24.6 Å². The van der Waals surface area contributed by atoms with Crippen LogP contribution in [0.5, 0.6) is 0 Å². The molecule has 0 bridgehead atoms. The lowest BCUT2D eigenvalue weighted by atomic mass is 10.1. The average Bonchev–Trinajstić information content (AvgIpc) is 2.81. The molecule has 0 saturated heterocycles. The Morgan fingerprint density at radius 2 is 1.64 bits per heavy atom. The van der Waals surface area contributed by atoms with Gasteiger partial charge in [-0.1, -0.05) is 43.3 Å². The Bertz CT molecular complexity index is 747. The molecule has 0 saturated carbocycles. The highest BCUT2D eigenvalue weighted by Crippen LogP contribution is 2.36. The summed E-state index contributed by atoms with van der Waals surface area (Å²) in [5.41, 5.74) is 2.91. The number of anilines is 1. The molecule has 3 rings (SSSR count). The Labute approximate surface area is 129 Å². The zero-order valence-corrected chi connectivity index (χ0v) is 12.5. The summed E-state index contributed by atoms with van der Waals surface area (Å²) in [6.45, 7) is 1.97. The maximum atomic E-state index is 12.7. The van der Waals surface area contributed by atoms with Crippen molar-refractivity contribution in [2.24, 2.45) is 0 Å². The fourth-order valence-electron chi connectivity index (χ4n) is 2.69. The van der Waals surface area contributed by atoms with Crippen LogP contribution in [0, 0.1) is 0 Å². The van der Waals surface area contributed by atoms with Crippen LogP contribution in [0.2, 0.25) is 0 Å². The maximum Gasteiger partial charge on any atom is 0.263 e. The topological polar surface area (TPSA) is 37.4 Å². The van der Waals surface area contributed by atoms with Gasteiger partial charge in [-0.3, -0.25) is 14.5 Å². The average molecular weight is 291 g/mol. The monoisotopic (exact) mass is 291 g/mol. The molecule has 110 valence electrons. The number of fused-ring (bicyclic) bond motifs is 1. The van der Waals surface area contributed by atoms with Crippen molar-refractivity contribution >= 4 is 23.1 Å². The van der Waals surface area contributed by atoms with Crippen LogP contribution in [0.25, 0.3) is 5.70 Å². The fraction of sp³-hybridized carbons (Fsp3) is 0.158. The first-order valence-electron chi connectivity index (χ1n) is 7.46. The first-order chi connectivity index (χ1) is 10.7. The van der Waals surface area contributed by atoms with Crippen LogP contribution in [0.4, 0.5) is 5.69 Å². The molecule has 1 amide bonds. The summed E-state index contributed by atoms with van der Waals surface area (Å²) >= 11 is 0. The normalized spacial score (nSPS) is 15.2. The highest BCUT2D eigenvalue weighted by molar-refractivity contribution is 6.24. The van der Waals surface area contributed by atoms with Crippen LogP contribution in [0.15, 0.2) is 60.7 Å². The number of hydrogen-bond donors (Lipinski definition) is 0. The number of rotatable bonds is 4. The number of nitrogens with zero attached hydrogens (tertiary/aromatic N) is 1. The zero-order chi connectivity index (χ0) is 15.5. The minimum absolute atomic E-state index is 0.0444. The van der Waals surface area contributed by atoms with Crippen LogP contribution in [-0.2, 0) is 4.79 Å². The Morgan fingerprint density at radius 1 is 1.00 bits per heavy atom. The van der Waals surface area contributed by atoms with Crippen molar-refractivity contribution in [3.63, 3.8) is 0 Å². The molecule has 0 aliphatic carbocycles. The molecule has 0 N–H and O–H groups in total. The number of allylic oxidation sites excluding steroid dienone is 1. The predicted octanol–water partition coefficient (Wildman–Crippen LogP) is 4.06. The van der Waals surface area contributed by atoms with Crippen molar-refractivity contribution in [1.82, 2.24) is 0 Å². The molecule has 0 unspecified atom stereocenters. The molecule has 2 aromatic carbocycles. The molecule has 0 spiro atoms. The number of carbonyl (C=O) groups excluding carboxylic acids is 2. The molecule has 0 fully saturated rings. The van der Waals surface area contributed by atoms with E-state index in [4.69, 9.17) is 0 Å². The number of carbonyl (C=O) groups is 2. The van der Waals surface area contributed by atoms with Gasteiger partial charge < -0.3 is 0 Å². The predicted molar refractivity (Wildman–Crippen MR) is 87.6 cm³/mol. The molecule has 0 aromatic heterocycles. The van der Waals surface area contributed by atoms with Crippen LogP contribution in [-0.4, -0.2) is 11.7 Å². The van der Waals surface area contributed by atoms with Crippen molar-refractivity contribution in [3.05, 3.63) is 71.8 Å². The van der Waals surface area contributed by atoms with Gasteiger partial charge in [0.15, 0.2) is 5.78 Å². The molecule has 1 heterocycles. The largest absolute Gasteiger partial charge is 0.295 e. The smallest absolute Gasteiger partial charge is 0.263 e. The zero-order valence-electron chi connectivity index (χ0n) is 12.5. The van der Waals surface area contributed by atoms with Gasteiger partial charge in [0.05, 0.1) is 5.70 Å². The highest BCUT2D eigenvalue weighted by atomic mass is 16.2. The number of amides is 1. The van der Waals surface area contributed by atoms with E-state index in [1.54, 1.807) is 17.0 Å². The molecule has 0 radical (unpaired) electrons. The summed E-state index contributed by atoms with van der Waals surface area (Å²) in [6, 6.07) is 16.9. The first-order valence-corrected chi connectivity index (χ1v) is 7.46. The van der Waals surface area contributed by atoms with Crippen molar-refractivity contribution in [2.75, 3.05) is 4.90 Å². The lowest BCUT2D eigenvalue weighted by Crippen LogP contribution is -2.22. The quantitative estimate of drug-likeness (QED) is 0.797. The van der Waals surface area contributed by atoms with Crippen LogP contribution in [0.3, 0.4) is 0 Å². The van der Waals surface area contributed by atoms with Gasteiger partial charge in [0.1, 0.15) is 0 Å². The summed E-state index contributed by atoms with van der Waals surface area (Å²) in [5, 5.41) is 0. The van der Waals surface area contributed by atoms with E-state index in [9.17, 15) is 9.59 Å². The van der Waals surface area contributed by atoms with Gasteiger partial charge in [-0.2, -0.15) is 0 Å². The summed E-state index contributed by atoms with van der Waals surface area (Å²) in [5.74, 6) is -0.0414. The van der Waals surface area contributed by atoms with E-state index < -0.39 is 0 Å². The Hall–Kier alpha value is -2.68. The summed E-state index contributed by atoms with van der Waals surface area (Å²) < 4.78 is 0. The molecule has 1 aliphatic heterocycles. The number of benzene rings is 2. The van der Waals surface area contributed by atoms with Crippen LogP contribution >= 0.6 is 0 Å². The second kappa shape index (κ2) is 5.98. The Morgan fingerprint density at radius 3 is 2.32 bits per heavy atom. The second-order valence-corrected chi connectivity index (χ2v) is 5.27. The molecule has 3 nitrogen and oxygen atoms in total. The van der Waals surface area contributed by atoms with Gasteiger partial charge in [0, 0.05) is 29.3 Å². The maximum absolute atomic E-state index is 12.7. The van der Waals surface area contributed by atoms with E-state index in [-0.39, 0.29) is 11.7 Å². The van der Waals surface area contributed by atoms with E-state index in [2.05, 4.69) is 0 Å². The van der Waals surface area contributed by atoms with Gasteiger partial charge in [-0.15, -0.1) is 0 Å². The van der Waals surface area contributed by atoms with Crippen LogP contribution in [0.1, 0.15) is 35.7 Å². The van der Waals surface area contributed by atoms with Gasteiger partial charge in [0.2, 0.25) is 0 Å². The molecular formula is C19H17NO2. The van der Waals surface area contributed by atoms with E-state index in [0.717, 1.165) is 17.7 Å². The van der Waals surface area contributed by atoms with E-state index >= 15 is 0 Å². The van der Waals surface area contributed by atoms with Crippen molar-refractivity contribution in [2.45, 2.75) is 19.8 Å². The number of para-hydroxylation sites is 1. The minimum Gasteiger partial charge on any atom is -0.295 e. The van der Waals surface area contributed by atoms with Gasteiger partial charge in [-0.25, -0.2) is 0 Å². The Kier molecular flexibility index (Phi) is 3.88. The molecule has 2 aromatic rings. The first kappa shape index (κ1) is 14.3. The van der Waals surface area contributed by atoms with E-state index in [0.29, 0.717) is 17.7 Å². The molecule has 1 aliphatic rings. The third kappa shape index (κ3) is 2.46. The molecule has 0 atom stereocenters. The highest BCUT2D eigenvalue weighted by Gasteiger charge is 2.33. The SMILES string of the molecule is CCCC(=O)C=C1c2ccccc2C(=O)N1c1ccccc1. The van der Waals surface area contributed by atoms with E-state index in [1.807, 2.05) is 55.5 Å². The number of ketones is 1. The van der Waals surface area contributed by atoms with Gasteiger partial charge >= 0.3 is 0 Å². The second-order valence-electron chi connectivity index (χ2n) is 5.27. The Balaban J connectivity index is 2.12. The molecular weight excluding hydrogens is 274 g/mol. The van der Waals surface area contributed by atoms with Crippen molar-refractivity contribution in [1.29, 1.82) is 0 Å². The summed E-state index contributed by atoms with van der Waals surface area (Å²) in [6.07, 6.45) is 2.88. The van der Waals surface area contributed by atoms with E-state index in [1.165, 1.54) is 0 Å². The third-order valence-corrected chi connectivity index (χ3v) is 3.69. The third-order valence-electron chi connectivity index (χ3n) is 3.69. The summed E-state index contributed by atoms with van der Waals surface area (Å²) in [4.78, 5) is 26.4.